The van der Waals surface area contributed by atoms with Gasteiger partial charge in [0.2, 0.25) is 0 Å². The zero-order valence-electron chi connectivity index (χ0n) is 6.49. The lowest BCUT2D eigenvalue weighted by Gasteiger charge is -1.97. The topological polar surface area (TPSA) is 75.1 Å². The van der Waals surface area contributed by atoms with Crippen LogP contribution in [0.3, 0.4) is 0 Å². The van der Waals surface area contributed by atoms with Crippen molar-refractivity contribution in [1.29, 1.82) is 0 Å². The summed E-state index contributed by atoms with van der Waals surface area (Å²) in [7, 11) is 0. The Bertz CT molecular complexity index is 159. The van der Waals surface area contributed by atoms with E-state index in [0.29, 0.717) is 26.2 Å². The maximum Gasteiger partial charge on any atom is 0.132 e. The second-order valence-corrected chi connectivity index (χ2v) is 2.02. The molecule has 0 amide bonds. The van der Waals surface area contributed by atoms with Gasteiger partial charge in [-0.05, 0) is 12.5 Å². The molecule has 11 heavy (non-hydrogen) atoms. The monoisotopic (exact) mass is 157 g/mol. The minimum atomic E-state index is 0.105. The van der Waals surface area contributed by atoms with Gasteiger partial charge in [-0.3, -0.25) is 4.79 Å². The predicted octanol–water partition coefficient (Wildman–Crippen LogP) is 1.29. The minimum Gasteiger partial charge on any atom is -0.381 e. The zero-order valence-corrected chi connectivity index (χ0v) is 6.49. The van der Waals surface area contributed by atoms with Crippen molar-refractivity contribution in [3.63, 3.8) is 0 Å². The van der Waals surface area contributed by atoms with E-state index in [2.05, 4.69) is 10.0 Å². The molecule has 0 heterocycles. The highest BCUT2D eigenvalue weighted by molar-refractivity contribution is 5.75. The molecule has 0 atom stereocenters. The van der Waals surface area contributed by atoms with Gasteiger partial charge in [0.05, 0.1) is 13.2 Å². The number of azide groups is 1. The molecule has 5 heteroatoms. The third-order valence-corrected chi connectivity index (χ3v) is 0.997. The Morgan fingerprint density at radius 2 is 2.36 bits per heavy atom. The summed E-state index contributed by atoms with van der Waals surface area (Å²) in [6.07, 6.45) is 0.427. The van der Waals surface area contributed by atoms with Gasteiger partial charge in [-0.25, -0.2) is 0 Å². The molecule has 0 aliphatic carbocycles. The van der Waals surface area contributed by atoms with Crippen molar-refractivity contribution in [3.8, 4) is 0 Å². The first-order chi connectivity index (χ1) is 5.27. The van der Waals surface area contributed by atoms with E-state index >= 15 is 0 Å². The van der Waals surface area contributed by atoms with Crippen LogP contribution in [0.15, 0.2) is 5.11 Å². The lowest BCUT2D eigenvalue weighted by Crippen LogP contribution is -2.03. The summed E-state index contributed by atoms with van der Waals surface area (Å²) in [5.41, 5.74) is 7.86. The molecule has 0 bridgehead atoms. The van der Waals surface area contributed by atoms with Crippen molar-refractivity contribution in [2.45, 2.75) is 13.3 Å². The van der Waals surface area contributed by atoms with Crippen molar-refractivity contribution in [2.75, 3.05) is 19.8 Å². The smallest absolute Gasteiger partial charge is 0.132 e. The summed E-state index contributed by atoms with van der Waals surface area (Å²) in [6, 6.07) is 0. The standard InChI is InChI=1S/C6H11N3O2/c1-6(10)2-4-11-5-3-8-9-7/h2-5H2,1H3. The third kappa shape index (κ3) is 8.94. The van der Waals surface area contributed by atoms with Crippen LogP contribution in [-0.4, -0.2) is 25.5 Å². The Balaban J connectivity index is 3.02. The summed E-state index contributed by atoms with van der Waals surface area (Å²) >= 11 is 0. The predicted molar refractivity (Wildman–Crippen MR) is 40.1 cm³/mol. The van der Waals surface area contributed by atoms with Crippen LogP contribution in [0.1, 0.15) is 13.3 Å². The van der Waals surface area contributed by atoms with E-state index in [-0.39, 0.29) is 5.78 Å². The molecule has 0 N–H and O–H groups in total. The molecule has 62 valence electrons. The number of carbonyl (C=O) groups excluding carboxylic acids is 1. The Hall–Kier alpha value is -1.06. The van der Waals surface area contributed by atoms with Gasteiger partial charge in [0, 0.05) is 17.9 Å². The second-order valence-electron chi connectivity index (χ2n) is 2.02. The van der Waals surface area contributed by atoms with E-state index in [1.807, 2.05) is 0 Å². The van der Waals surface area contributed by atoms with Crippen molar-refractivity contribution in [1.82, 2.24) is 0 Å². The average Bonchev–Trinajstić information content (AvgIpc) is 1.96. The summed E-state index contributed by atoms with van der Waals surface area (Å²) in [5.74, 6) is 0.105. The van der Waals surface area contributed by atoms with Crippen LogP contribution in [0.4, 0.5) is 0 Å². The van der Waals surface area contributed by atoms with Crippen LogP contribution in [0.5, 0.6) is 0 Å². The van der Waals surface area contributed by atoms with E-state index in [0.717, 1.165) is 0 Å². The van der Waals surface area contributed by atoms with Crippen molar-refractivity contribution < 1.29 is 9.53 Å². The molecular formula is C6H11N3O2. The molecule has 5 nitrogen and oxygen atoms in total. The Morgan fingerprint density at radius 3 is 2.91 bits per heavy atom. The molecule has 0 rings (SSSR count). The second kappa shape index (κ2) is 7.05. The minimum absolute atomic E-state index is 0.105. The molecular weight excluding hydrogens is 146 g/mol. The van der Waals surface area contributed by atoms with Crippen molar-refractivity contribution >= 4 is 5.78 Å². The Morgan fingerprint density at radius 1 is 1.64 bits per heavy atom. The van der Waals surface area contributed by atoms with E-state index in [4.69, 9.17) is 10.3 Å². The first-order valence-corrected chi connectivity index (χ1v) is 3.35. The van der Waals surface area contributed by atoms with Crippen LogP contribution in [0.2, 0.25) is 0 Å². The van der Waals surface area contributed by atoms with Crippen LogP contribution < -0.4 is 0 Å². The van der Waals surface area contributed by atoms with Gasteiger partial charge in [-0.2, -0.15) is 0 Å². The summed E-state index contributed by atoms with van der Waals surface area (Å²) < 4.78 is 4.96. The van der Waals surface area contributed by atoms with Gasteiger partial charge in [0.25, 0.3) is 0 Å². The highest BCUT2D eigenvalue weighted by Crippen LogP contribution is 1.84. The lowest BCUT2D eigenvalue weighted by molar-refractivity contribution is -0.118. The third-order valence-electron chi connectivity index (χ3n) is 0.997. The summed E-state index contributed by atoms with van der Waals surface area (Å²) in [6.45, 7) is 2.64. The van der Waals surface area contributed by atoms with Gasteiger partial charge in [-0.1, -0.05) is 5.11 Å². The largest absolute Gasteiger partial charge is 0.381 e. The van der Waals surface area contributed by atoms with Gasteiger partial charge in [0.15, 0.2) is 0 Å². The van der Waals surface area contributed by atoms with Crippen LogP contribution in [-0.2, 0) is 9.53 Å². The quantitative estimate of drug-likeness (QED) is 0.252. The van der Waals surface area contributed by atoms with E-state index < -0.39 is 0 Å². The normalized spacial score (nSPS) is 8.82. The first kappa shape index (κ1) is 9.94. The number of hydrogen-bond donors (Lipinski definition) is 0. The average molecular weight is 157 g/mol. The SMILES string of the molecule is CC(=O)CCOCCN=[N+]=[N-]. The summed E-state index contributed by atoms with van der Waals surface area (Å²) in [4.78, 5) is 12.9. The van der Waals surface area contributed by atoms with Gasteiger partial charge in [0.1, 0.15) is 5.78 Å². The van der Waals surface area contributed by atoms with Crippen LogP contribution in [0, 0.1) is 0 Å². The molecule has 0 aliphatic heterocycles. The number of rotatable bonds is 6. The first-order valence-electron chi connectivity index (χ1n) is 3.35. The highest BCUT2D eigenvalue weighted by atomic mass is 16.5. The number of hydrogen-bond acceptors (Lipinski definition) is 3. The maximum atomic E-state index is 10.4. The number of Topliss-reactive ketones (excluding diaryl/α,β-unsaturated/α-hetero) is 1. The summed E-state index contributed by atoms with van der Waals surface area (Å²) in [5, 5.41) is 3.26. The molecule has 0 aromatic rings. The molecule has 0 aromatic carbocycles. The Labute approximate surface area is 65.0 Å². The van der Waals surface area contributed by atoms with Crippen LogP contribution in [0.25, 0.3) is 10.4 Å². The molecule has 0 spiro atoms. The number of ketones is 1. The van der Waals surface area contributed by atoms with Gasteiger partial charge in [-0.15, -0.1) is 0 Å². The molecule has 0 aromatic heterocycles. The molecule has 0 aliphatic rings. The number of nitrogens with zero attached hydrogens (tertiary/aromatic N) is 3. The van der Waals surface area contributed by atoms with E-state index in [1.165, 1.54) is 6.92 Å². The fourth-order valence-electron chi connectivity index (χ4n) is 0.468. The van der Waals surface area contributed by atoms with Gasteiger partial charge < -0.3 is 4.74 Å². The maximum absolute atomic E-state index is 10.4. The van der Waals surface area contributed by atoms with E-state index in [9.17, 15) is 4.79 Å². The Kier molecular flexibility index (Phi) is 6.37. The molecule has 0 unspecified atom stereocenters. The van der Waals surface area contributed by atoms with Gasteiger partial charge >= 0.3 is 0 Å². The lowest BCUT2D eigenvalue weighted by atomic mass is 10.3. The number of carbonyl (C=O) groups is 1. The van der Waals surface area contributed by atoms with E-state index in [1.54, 1.807) is 0 Å². The molecule has 0 saturated carbocycles. The fourth-order valence-corrected chi connectivity index (χ4v) is 0.468. The van der Waals surface area contributed by atoms with Crippen molar-refractivity contribution in [3.05, 3.63) is 10.4 Å². The van der Waals surface area contributed by atoms with Crippen molar-refractivity contribution in [2.24, 2.45) is 5.11 Å². The molecule has 0 radical (unpaired) electrons. The fraction of sp³-hybridized carbons (Fsp3) is 0.833. The number of ether oxygens (including phenoxy) is 1. The van der Waals surface area contributed by atoms with Crippen LogP contribution >= 0.6 is 0 Å². The molecule has 0 saturated heterocycles. The zero-order chi connectivity index (χ0) is 8.53. The molecule has 0 fully saturated rings. The highest BCUT2D eigenvalue weighted by Gasteiger charge is 1.91.